The molecule has 0 aliphatic carbocycles. The molecule has 0 aliphatic heterocycles. The average Bonchev–Trinajstić information content (AvgIpc) is 3.02. The van der Waals surface area contributed by atoms with Crippen molar-refractivity contribution in [2.45, 2.75) is 19.9 Å². The molecule has 8 heteroatoms. The fourth-order valence-electron chi connectivity index (χ4n) is 1.89. The van der Waals surface area contributed by atoms with Gasteiger partial charge in [0.05, 0.1) is 30.7 Å². The van der Waals surface area contributed by atoms with E-state index in [0.717, 1.165) is 11.3 Å². The number of sulfonamides is 1. The number of nitrogens with zero attached hydrogens (tertiary/aromatic N) is 2. The molecule has 23 heavy (non-hydrogen) atoms. The summed E-state index contributed by atoms with van der Waals surface area (Å²) in [6.07, 6.45) is 3.19. The van der Waals surface area contributed by atoms with Gasteiger partial charge in [0, 0.05) is 18.3 Å². The quantitative estimate of drug-likeness (QED) is 0.732. The summed E-state index contributed by atoms with van der Waals surface area (Å²) in [4.78, 5) is 11.2. The minimum Gasteiger partial charge on any atom is -0.466 e. The van der Waals surface area contributed by atoms with Gasteiger partial charge in [0.1, 0.15) is 0 Å². The Hall–Kier alpha value is -2.19. The van der Waals surface area contributed by atoms with Crippen molar-refractivity contribution in [2.24, 2.45) is 0 Å². The second-order valence-corrected chi connectivity index (χ2v) is 6.75. The third kappa shape index (κ3) is 5.50. The van der Waals surface area contributed by atoms with Crippen molar-refractivity contribution in [1.82, 2.24) is 14.5 Å². The maximum atomic E-state index is 11.8. The van der Waals surface area contributed by atoms with Crippen molar-refractivity contribution in [3.63, 3.8) is 0 Å². The third-order valence-corrected chi connectivity index (χ3v) is 4.36. The summed E-state index contributed by atoms with van der Waals surface area (Å²) in [6, 6.07) is 9.51. The first-order chi connectivity index (χ1) is 11.0. The zero-order chi connectivity index (χ0) is 16.7. The van der Waals surface area contributed by atoms with Crippen molar-refractivity contribution in [3.05, 3.63) is 48.3 Å². The Kier molecular flexibility index (Phi) is 5.89. The number of benzene rings is 1. The molecule has 0 unspecified atom stereocenters. The fourth-order valence-corrected chi connectivity index (χ4v) is 2.86. The van der Waals surface area contributed by atoms with E-state index in [1.165, 1.54) is 0 Å². The maximum absolute atomic E-state index is 11.8. The summed E-state index contributed by atoms with van der Waals surface area (Å²) in [6.45, 7) is 2.04. The van der Waals surface area contributed by atoms with E-state index in [0.29, 0.717) is 0 Å². The Bertz CT molecular complexity index is 741. The number of nitrogens with one attached hydrogen (secondary N) is 1. The summed E-state index contributed by atoms with van der Waals surface area (Å²) in [5.41, 5.74) is 1.62. The van der Waals surface area contributed by atoms with E-state index in [9.17, 15) is 13.2 Å². The van der Waals surface area contributed by atoms with Gasteiger partial charge >= 0.3 is 5.97 Å². The number of para-hydroxylation sites is 1. The van der Waals surface area contributed by atoms with Crippen LogP contribution in [0.2, 0.25) is 0 Å². The molecule has 124 valence electrons. The molecular weight excluding hydrogens is 318 g/mol. The number of aromatic nitrogens is 2. The smallest absolute Gasteiger partial charge is 0.306 e. The van der Waals surface area contributed by atoms with Crippen LogP contribution in [0.1, 0.15) is 18.9 Å². The highest BCUT2D eigenvalue weighted by atomic mass is 32.2. The van der Waals surface area contributed by atoms with Crippen LogP contribution in [0.3, 0.4) is 0 Å². The Morgan fingerprint density at radius 3 is 2.74 bits per heavy atom. The predicted molar refractivity (Wildman–Crippen MR) is 85.4 cm³/mol. The molecule has 0 saturated carbocycles. The third-order valence-electron chi connectivity index (χ3n) is 3.03. The average molecular weight is 337 g/mol. The van der Waals surface area contributed by atoms with E-state index < -0.39 is 16.0 Å². The standard InChI is InChI=1S/C15H19N3O4S/c1-2-22-15(19)8-9-23(20,21)17-11-13-10-16-18(12-13)14-6-4-3-5-7-14/h3-7,10,12,17H,2,8-9,11H2,1H3. The van der Waals surface area contributed by atoms with E-state index in [-0.39, 0.29) is 25.3 Å². The highest BCUT2D eigenvalue weighted by molar-refractivity contribution is 7.89. The van der Waals surface area contributed by atoms with Crippen LogP contribution in [-0.2, 0) is 26.1 Å². The second-order valence-electron chi connectivity index (χ2n) is 4.82. The highest BCUT2D eigenvalue weighted by Crippen LogP contribution is 2.07. The van der Waals surface area contributed by atoms with Gasteiger partial charge in [-0.1, -0.05) is 18.2 Å². The van der Waals surface area contributed by atoms with Crippen molar-refractivity contribution >= 4 is 16.0 Å². The molecule has 0 spiro atoms. The van der Waals surface area contributed by atoms with Crippen molar-refractivity contribution in [2.75, 3.05) is 12.4 Å². The molecule has 2 rings (SSSR count). The number of carbonyl (C=O) groups is 1. The maximum Gasteiger partial charge on any atom is 0.306 e. The first-order valence-electron chi connectivity index (χ1n) is 7.22. The van der Waals surface area contributed by atoms with Crippen LogP contribution in [0.25, 0.3) is 5.69 Å². The largest absolute Gasteiger partial charge is 0.466 e. The van der Waals surface area contributed by atoms with E-state index in [4.69, 9.17) is 4.74 Å². The topological polar surface area (TPSA) is 90.3 Å². The lowest BCUT2D eigenvalue weighted by Crippen LogP contribution is -2.27. The Balaban J connectivity index is 1.88. The number of carbonyl (C=O) groups excluding carboxylic acids is 1. The summed E-state index contributed by atoms with van der Waals surface area (Å²) >= 11 is 0. The molecule has 1 aromatic heterocycles. The van der Waals surface area contributed by atoms with Crippen LogP contribution in [-0.4, -0.2) is 36.5 Å². The van der Waals surface area contributed by atoms with Gasteiger partial charge in [0.15, 0.2) is 0 Å². The van der Waals surface area contributed by atoms with Crippen LogP contribution in [0, 0.1) is 0 Å². The minimum atomic E-state index is -3.54. The SMILES string of the molecule is CCOC(=O)CCS(=O)(=O)NCc1cnn(-c2ccccc2)c1. The lowest BCUT2D eigenvalue weighted by Gasteiger charge is -2.05. The fraction of sp³-hybridized carbons (Fsp3) is 0.333. The Labute approximate surface area is 135 Å². The lowest BCUT2D eigenvalue weighted by molar-refractivity contribution is -0.142. The van der Waals surface area contributed by atoms with E-state index in [1.807, 2.05) is 30.3 Å². The zero-order valence-corrected chi connectivity index (χ0v) is 13.6. The molecule has 0 aliphatic rings. The van der Waals surface area contributed by atoms with Gasteiger partial charge in [-0.25, -0.2) is 17.8 Å². The highest BCUT2D eigenvalue weighted by Gasteiger charge is 2.14. The molecule has 1 heterocycles. The monoisotopic (exact) mass is 337 g/mol. The summed E-state index contributed by atoms with van der Waals surface area (Å²) in [5.74, 6) is -0.812. The zero-order valence-electron chi connectivity index (χ0n) is 12.8. The van der Waals surface area contributed by atoms with Crippen LogP contribution >= 0.6 is 0 Å². The number of ether oxygens (including phenoxy) is 1. The van der Waals surface area contributed by atoms with Gasteiger partial charge in [0.25, 0.3) is 0 Å². The Morgan fingerprint density at radius 2 is 2.04 bits per heavy atom. The lowest BCUT2D eigenvalue weighted by atomic mass is 10.3. The first kappa shape index (κ1) is 17.2. The molecule has 1 aromatic carbocycles. The van der Waals surface area contributed by atoms with Crippen molar-refractivity contribution in [1.29, 1.82) is 0 Å². The van der Waals surface area contributed by atoms with Gasteiger partial charge in [-0.15, -0.1) is 0 Å². The van der Waals surface area contributed by atoms with Crippen molar-refractivity contribution < 1.29 is 17.9 Å². The molecule has 0 fully saturated rings. The van der Waals surface area contributed by atoms with E-state index >= 15 is 0 Å². The summed E-state index contributed by atoms with van der Waals surface area (Å²) < 4.78 is 32.5. The molecule has 2 aromatic rings. The molecule has 1 N–H and O–H groups in total. The molecular formula is C15H19N3O4S. The summed E-state index contributed by atoms with van der Waals surface area (Å²) in [7, 11) is -3.54. The second kappa shape index (κ2) is 7.89. The van der Waals surface area contributed by atoms with Gasteiger partial charge in [-0.2, -0.15) is 5.10 Å². The predicted octanol–water partition coefficient (Wildman–Crippen LogP) is 1.24. The first-order valence-corrected chi connectivity index (χ1v) is 8.87. The molecule has 0 amide bonds. The Morgan fingerprint density at radius 1 is 1.30 bits per heavy atom. The van der Waals surface area contributed by atoms with Crippen LogP contribution in [0.15, 0.2) is 42.7 Å². The number of hydrogen-bond acceptors (Lipinski definition) is 5. The van der Waals surface area contributed by atoms with Crippen LogP contribution < -0.4 is 4.72 Å². The van der Waals surface area contributed by atoms with Gasteiger partial charge in [-0.05, 0) is 19.1 Å². The number of hydrogen-bond donors (Lipinski definition) is 1. The molecule has 0 bridgehead atoms. The normalized spacial score (nSPS) is 11.3. The van der Waals surface area contributed by atoms with Crippen LogP contribution in [0.5, 0.6) is 0 Å². The van der Waals surface area contributed by atoms with Gasteiger partial charge < -0.3 is 4.74 Å². The number of rotatable bonds is 8. The van der Waals surface area contributed by atoms with E-state index in [2.05, 4.69) is 9.82 Å². The minimum absolute atomic E-state index is 0.123. The van der Waals surface area contributed by atoms with E-state index in [1.54, 1.807) is 24.0 Å². The van der Waals surface area contributed by atoms with Crippen LogP contribution in [0.4, 0.5) is 0 Å². The van der Waals surface area contributed by atoms with Crippen molar-refractivity contribution in [3.8, 4) is 5.69 Å². The van der Waals surface area contributed by atoms with Gasteiger partial charge in [-0.3, -0.25) is 4.79 Å². The molecule has 7 nitrogen and oxygen atoms in total. The molecule has 0 atom stereocenters. The molecule has 0 radical (unpaired) electrons. The summed E-state index contributed by atoms with van der Waals surface area (Å²) in [5, 5.41) is 4.19. The number of esters is 1. The van der Waals surface area contributed by atoms with Gasteiger partial charge in [0.2, 0.25) is 10.0 Å². The molecule has 0 saturated heterocycles.